The number of hydrogen-bond acceptors (Lipinski definition) is 7. The van der Waals surface area contributed by atoms with Crippen molar-refractivity contribution in [3.63, 3.8) is 0 Å². The molecule has 0 radical (unpaired) electrons. The molecule has 1 aliphatic heterocycles. The Labute approximate surface area is 121 Å². The van der Waals surface area contributed by atoms with E-state index in [9.17, 15) is 23.6 Å². The minimum Gasteiger partial charge on any atom is -0.385 e. The summed E-state index contributed by atoms with van der Waals surface area (Å²) in [6.45, 7) is 0.100. The SMILES string of the molecule is CS(=O)(=O)c1cccc(N2CC(O)(CC#N)C2)c1[N+](=O)[O-]. The number of nitrogens with zero attached hydrogens (tertiary/aromatic N) is 3. The number of benzene rings is 1. The first-order valence-corrected chi connectivity index (χ1v) is 7.89. The third-order valence-corrected chi connectivity index (χ3v) is 4.41. The molecule has 1 N–H and O–H groups in total. The summed E-state index contributed by atoms with van der Waals surface area (Å²) in [4.78, 5) is 11.6. The molecule has 1 fully saturated rings. The van der Waals surface area contributed by atoms with Crippen molar-refractivity contribution in [2.75, 3.05) is 24.2 Å². The van der Waals surface area contributed by atoms with Crippen LogP contribution in [0.25, 0.3) is 0 Å². The van der Waals surface area contributed by atoms with Crippen LogP contribution in [0.2, 0.25) is 0 Å². The Morgan fingerprint density at radius 3 is 2.62 bits per heavy atom. The van der Waals surface area contributed by atoms with Gasteiger partial charge in [0.05, 0.1) is 17.4 Å². The minimum absolute atomic E-state index is 0.0502. The van der Waals surface area contributed by atoms with Gasteiger partial charge in [-0.3, -0.25) is 10.1 Å². The second-order valence-electron chi connectivity index (χ2n) is 5.07. The molecule has 0 unspecified atom stereocenters. The highest BCUT2D eigenvalue weighted by molar-refractivity contribution is 7.90. The number of anilines is 1. The summed E-state index contributed by atoms with van der Waals surface area (Å²) >= 11 is 0. The van der Waals surface area contributed by atoms with Crippen molar-refractivity contribution in [1.29, 1.82) is 5.26 Å². The molecule has 21 heavy (non-hydrogen) atoms. The maximum atomic E-state index is 11.7. The van der Waals surface area contributed by atoms with Gasteiger partial charge in [-0.25, -0.2) is 8.42 Å². The largest absolute Gasteiger partial charge is 0.385 e. The summed E-state index contributed by atoms with van der Waals surface area (Å²) in [5.74, 6) is 0. The molecule has 1 aliphatic rings. The molecule has 0 aliphatic carbocycles. The lowest BCUT2D eigenvalue weighted by atomic mass is 9.90. The number of aliphatic hydroxyl groups is 1. The van der Waals surface area contributed by atoms with Crippen LogP contribution in [0.4, 0.5) is 11.4 Å². The number of sulfone groups is 1. The van der Waals surface area contributed by atoms with Gasteiger partial charge in [0.1, 0.15) is 16.2 Å². The molecular formula is C12H13N3O5S. The standard InChI is InChI=1S/C12H13N3O5S/c1-21(19,20)10-4-2-3-9(11(10)15(17)18)14-7-12(16,8-14)5-6-13/h2-4,16H,5,7-8H2,1H3. The quantitative estimate of drug-likeness (QED) is 0.632. The van der Waals surface area contributed by atoms with Crippen LogP contribution in [0.15, 0.2) is 23.1 Å². The zero-order valence-electron chi connectivity index (χ0n) is 11.2. The van der Waals surface area contributed by atoms with Gasteiger partial charge in [0.2, 0.25) is 0 Å². The molecule has 0 amide bonds. The van der Waals surface area contributed by atoms with Crippen molar-refractivity contribution in [2.45, 2.75) is 16.9 Å². The Morgan fingerprint density at radius 2 is 2.14 bits per heavy atom. The molecule has 0 atom stereocenters. The van der Waals surface area contributed by atoms with E-state index in [0.717, 1.165) is 6.26 Å². The van der Waals surface area contributed by atoms with E-state index in [-0.39, 0.29) is 30.1 Å². The predicted molar refractivity (Wildman–Crippen MR) is 73.6 cm³/mol. The molecule has 0 aromatic heterocycles. The third kappa shape index (κ3) is 2.81. The average Bonchev–Trinajstić information content (AvgIpc) is 2.34. The van der Waals surface area contributed by atoms with Crippen molar-refractivity contribution in [3.8, 4) is 6.07 Å². The number of hydrogen-bond donors (Lipinski definition) is 1. The van der Waals surface area contributed by atoms with Crippen molar-refractivity contribution < 1.29 is 18.4 Å². The van der Waals surface area contributed by atoms with Gasteiger partial charge >= 0.3 is 5.69 Å². The summed E-state index contributed by atoms with van der Waals surface area (Å²) in [7, 11) is -3.74. The van der Waals surface area contributed by atoms with Crippen molar-refractivity contribution in [2.24, 2.45) is 0 Å². The number of β-amino-alcohol motifs (C(OH)–C–C–N with tert-alkyl or cyclic N) is 1. The first-order chi connectivity index (χ1) is 9.68. The molecule has 1 aromatic carbocycles. The van der Waals surface area contributed by atoms with Crippen LogP contribution in [0.5, 0.6) is 0 Å². The Morgan fingerprint density at radius 1 is 1.52 bits per heavy atom. The van der Waals surface area contributed by atoms with Crippen molar-refractivity contribution in [1.82, 2.24) is 0 Å². The van der Waals surface area contributed by atoms with Gasteiger partial charge in [-0.1, -0.05) is 6.07 Å². The van der Waals surface area contributed by atoms with Crippen LogP contribution in [-0.4, -0.2) is 43.4 Å². The van der Waals surface area contributed by atoms with E-state index in [0.29, 0.717) is 0 Å². The Hall–Kier alpha value is -2.18. The number of nitriles is 1. The van der Waals surface area contributed by atoms with Gasteiger partial charge in [0.25, 0.3) is 0 Å². The second kappa shape index (κ2) is 4.98. The maximum absolute atomic E-state index is 11.7. The van der Waals surface area contributed by atoms with Crippen molar-refractivity contribution in [3.05, 3.63) is 28.3 Å². The van der Waals surface area contributed by atoms with Gasteiger partial charge in [0.15, 0.2) is 9.84 Å². The summed E-state index contributed by atoms with van der Waals surface area (Å²) in [6.07, 6.45) is 0.824. The molecular weight excluding hydrogens is 298 g/mol. The van der Waals surface area contributed by atoms with E-state index < -0.39 is 26.0 Å². The molecule has 9 heteroatoms. The lowest BCUT2D eigenvalue weighted by molar-refractivity contribution is -0.387. The van der Waals surface area contributed by atoms with E-state index in [4.69, 9.17) is 5.26 Å². The smallest absolute Gasteiger partial charge is 0.311 e. The summed E-state index contributed by atoms with van der Waals surface area (Å²) < 4.78 is 23.3. The lowest BCUT2D eigenvalue weighted by Gasteiger charge is -2.46. The molecule has 112 valence electrons. The van der Waals surface area contributed by atoms with Gasteiger partial charge < -0.3 is 10.0 Å². The van der Waals surface area contributed by atoms with Crippen molar-refractivity contribution >= 4 is 21.2 Å². The van der Waals surface area contributed by atoms with E-state index in [1.807, 2.05) is 6.07 Å². The van der Waals surface area contributed by atoms with Gasteiger partial charge in [-0.05, 0) is 12.1 Å². The fourth-order valence-corrected chi connectivity index (χ4v) is 3.20. The fourth-order valence-electron chi connectivity index (χ4n) is 2.34. The minimum atomic E-state index is -3.74. The Bertz CT molecular complexity index is 732. The van der Waals surface area contributed by atoms with Gasteiger partial charge in [0, 0.05) is 19.3 Å². The van der Waals surface area contributed by atoms with E-state index in [1.165, 1.54) is 23.1 Å². The van der Waals surface area contributed by atoms with E-state index >= 15 is 0 Å². The highest BCUT2D eigenvalue weighted by Gasteiger charge is 2.44. The van der Waals surface area contributed by atoms with Gasteiger partial charge in [-0.15, -0.1) is 0 Å². The third-order valence-electron chi connectivity index (χ3n) is 3.28. The average molecular weight is 311 g/mol. The van der Waals surface area contributed by atoms with Crippen LogP contribution in [0.3, 0.4) is 0 Å². The Kier molecular flexibility index (Phi) is 3.61. The summed E-state index contributed by atoms with van der Waals surface area (Å²) in [6, 6.07) is 5.87. The van der Waals surface area contributed by atoms with Crippen LogP contribution in [-0.2, 0) is 9.84 Å². The first kappa shape index (κ1) is 15.2. The zero-order chi connectivity index (χ0) is 15.8. The normalized spacial score (nSPS) is 16.9. The topological polar surface area (TPSA) is 125 Å². The second-order valence-corrected chi connectivity index (χ2v) is 7.05. The molecule has 1 saturated heterocycles. The lowest BCUT2D eigenvalue weighted by Crippen LogP contribution is -2.62. The number of nitro benzene ring substituents is 1. The highest BCUT2D eigenvalue weighted by atomic mass is 32.2. The molecule has 0 spiro atoms. The van der Waals surface area contributed by atoms with Crippen LogP contribution >= 0.6 is 0 Å². The summed E-state index contributed by atoms with van der Waals surface area (Å²) in [5, 5.41) is 29.8. The van der Waals surface area contributed by atoms with E-state index in [2.05, 4.69) is 0 Å². The molecule has 1 heterocycles. The monoisotopic (exact) mass is 311 g/mol. The molecule has 0 saturated carbocycles. The zero-order valence-corrected chi connectivity index (χ0v) is 12.0. The Balaban J connectivity index is 2.44. The molecule has 0 bridgehead atoms. The van der Waals surface area contributed by atoms with Gasteiger partial charge in [-0.2, -0.15) is 5.26 Å². The number of para-hydroxylation sites is 1. The molecule has 1 aromatic rings. The highest BCUT2D eigenvalue weighted by Crippen LogP contribution is 2.39. The van der Waals surface area contributed by atoms with Crippen LogP contribution in [0.1, 0.15) is 6.42 Å². The number of rotatable bonds is 4. The van der Waals surface area contributed by atoms with Crippen LogP contribution < -0.4 is 4.90 Å². The molecule has 2 rings (SSSR count). The predicted octanol–water partition coefficient (Wildman–Crippen LogP) is 0.463. The first-order valence-electron chi connectivity index (χ1n) is 6.00. The number of nitro groups is 1. The fraction of sp³-hybridized carbons (Fsp3) is 0.417. The van der Waals surface area contributed by atoms with E-state index in [1.54, 1.807) is 0 Å². The summed E-state index contributed by atoms with van der Waals surface area (Å²) in [5.41, 5.74) is -1.58. The van der Waals surface area contributed by atoms with Crippen LogP contribution in [0, 0.1) is 21.4 Å². The maximum Gasteiger partial charge on any atom is 0.311 e. The molecule has 8 nitrogen and oxygen atoms in total.